The van der Waals surface area contributed by atoms with E-state index in [2.05, 4.69) is 81.0 Å². The first-order valence-electron chi connectivity index (χ1n) is 11.5. The zero-order valence-corrected chi connectivity index (χ0v) is 19.1. The van der Waals surface area contributed by atoms with E-state index in [1.165, 1.54) is 16.7 Å². The van der Waals surface area contributed by atoms with Crippen LogP contribution in [0, 0.1) is 6.92 Å². The molecular weight excluding hydrogens is 394 g/mol. The van der Waals surface area contributed by atoms with Crippen molar-refractivity contribution in [3.63, 3.8) is 0 Å². The second-order valence-corrected chi connectivity index (χ2v) is 8.46. The van der Waals surface area contributed by atoms with Gasteiger partial charge < -0.3 is 10.6 Å². The Morgan fingerprint density at radius 1 is 1.03 bits per heavy atom. The third kappa shape index (κ3) is 5.95. The number of piperidine rings is 1. The van der Waals surface area contributed by atoms with Gasteiger partial charge in [-0.2, -0.15) is 0 Å². The lowest BCUT2D eigenvalue weighted by atomic mass is 10.0. The van der Waals surface area contributed by atoms with Gasteiger partial charge in [-0.15, -0.1) is 0 Å². The summed E-state index contributed by atoms with van der Waals surface area (Å²) in [6.07, 6.45) is 4.09. The highest BCUT2D eigenvalue weighted by atomic mass is 15.2. The quantitative estimate of drug-likeness (QED) is 0.453. The summed E-state index contributed by atoms with van der Waals surface area (Å²) in [5, 5.41) is 7.09. The Kier molecular flexibility index (Phi) is 7.51. The highest BCUT2D eigenvalue weighted by molar-refractivity contribution is 5.80. The standard InChI is InChI=1S/C27H33N5/c1-21-8-3-4-10-24(21)20-32-16-13-25(14-17-32)31-27(28-2)30-19-22-9-7-11-23(18-22)26-12-5-6-15-29-26/h3-12,15,18,25H,13-14,16-17,19-20H2,1-2H3,(H2,28,30,31). The normalized spacial score (nSPS) is 15.5. The summed E-state index contributed by atoms with van der Waals surface area (Å²) in [4.78, 5) is 11.5. The first kappa shape index (κ1) is 22.0. The Morgan fingerprint density at radius 2 is 1.84 bits per heavy atom. The van der Waals surface area contributed by atoms with Crippen LogP contribution < -0.4 is 10.6 Å². The second-order valence-electron chi connectivity index (χ2n) is 8.46. The van der Waals surface area contributed by atoms with Crippen LogP contribution in [0.3, 0.4) is 0 Å². The average Bonchev–Trinajstić information content (AvgIpc) is 2.85. The number of aryl methyl sites for hydroxylation is 1. The van der Waals surface area contributed by atoms with E-state index in [4.69, 9.17) is 0 Å². The van der Waals surface area contributed by atoms with Crippen LogP contribution in [0.15, 0.2) is 77.9 Å². The Morgan fingerprint density at radius 3 is 2.59 bits per heavy atom. The van der Waals surface area contributed by atoms with Crippen LogP contribution in [0.25, 0.3) is 11.3 Å². The Balaban J connectivity index is 1.26. The number of aliphatic imine (C=N–C) groups is 1. The molecule has 0 unspecified atom stereocenters. The molecule has 0 saturated carbocycles. The van der Waals surface area contributed by atoms with E-state index >= 15 is 0 Å². The third-order valence-corrected chi connectivity index (χ3v) is 6.15. The topological polar surface area (TPSA) is 52.6 Å². The summed E-state index contributed by atoms with van der Waals surface area (Å²) in [6, 6.07) is 23.7. The average molecular weight is 428 g/mol. The van der Waals surface area contributed by atoms with Crippen LogP contribution in [-0.4, -0.2) is 42.0 Å². The van der Waals surface area contributed by atoms with Crippen molar-refractivity contribution in [2.45, 2.75) is 38.9 Å². The lowest BCUT2D eigenvalue weighted by Gasteiger charge is -2.33. The Bertz CT molecular complexity index is 1020. The molecule has 0 spiro atoms. The molecule has 4 rings (SSSR count). The number of pyridine rings is 1. The van der Waals surface area contributed by atoms with Crippen molar-refractivity contribution in [3.8, 4) is 11.3 Å². The molecule has 0 aliphatic carbocycles. The summed E-state index contributed by atoms with van der Waals surface area (Å²) < 4.78 is 0. The zero-order valence-electron chi connectivity index (χ0n) is 19.1. The van der Waals surface area contributed by atoms with E-state index in [1.807, 2.05) is 31.4 Å². The van der Waals surface area contributed by atoms with Gasteiger partial charge in [-0.25, -0.2) is 0 Å². The molecule has 2 N–H and O–H groups in total. The minimum absolute atomic E-state index is 0.453. The molecule has 166 valence electrons. The van der Waals surface area contributed by atoms with Crippen molar-refractivity contribution in [2.24, 2.45) is 4.99 Å². The third-order valence-electron chi connectivity index (χ3n) is 6.15. The maximum absolute atomic E-state index is 4.46. The van der Waals surface area contributed by atoms with Crippen LogP contribution in [0.4, 0.5) is 0 Å². The maximum atomic E-state index is 4.46. The highest BCUT2D eigenvalue weighted by Crippen LogP contribution is 2.18. The Labute approximate surface area is 191 Å². The molecule has 32 heavy (non-hydrogen) atoms. The first-order chi connectivity index (χ1) is 15.7. The predicted octanol–water partition coefficient (Wildman–Crippen LogP) is 4.39. The van der Waals surface area contributed by atoms with Crippen molar-refractivity contribution in [1.29, 1.82) is 0 Å². The van der Waals surface area contributed by atoms with E-state index < -0.39 is 0 Å². The van der Waals surface area contributed by atoms with Gasteiger partial charge in [-0.1, -0.05) is 48.5 Å². The zero-order chi connectivity index (χ0) is 22.2. The van der Waals surface area contributed by atoms with Crippen LogP contribution >= 0.6 is 0 Å². The molecule has 2 heterocycles. The van der Waals surface area contributed by atoms with E-state index in [0.29, 0.717) is 6.04 Å². The van der Waals surface area contributed by atoms with Crippen LogP contribution in [-0.2, 0) is 13.1 Å². The predicted molar refractivity (Wildman–Crippen MR) is 132 cm³/mol. The van der Waals surface area contributed by atoms with Crippen molar-refractivity contribution in [1.82, 2.24) is 20.5 Å². The van der Waals surface area contributed by atoms with Crippen molar-refractivity contribution >= 4 is 5.96 Å². The van der Waals surface area contributed by atoms with E-state index in [1.54, 1.807) is 0 Å². The fraction of sp³-hybridized carbons (Fsp3) is 0.333. The molecule has 1 saturated heterocycles. The maximum Gasteiger partial charge on any atom is 0.191 e. The summed E-state index contributed by atoms with van der Waals surface area (Å²) in [5.74, 6) is 0.866. The molecule has 1 fully saturated rings. The number of hydrogen-bond donors (Lipinski definition) is 2. The number of nitrogens with zero attached hydrogens (tertiary/aromatic N) is 3. The van der Waals surface area contributed by atoms with Crippen molar-refractivity contribution in [2.75, 3.05) is 20.1 Å². The molecule has 1 aliphatic rings. The number of hydrogen-bond acceptors (Lipinski definition) is 3. The molecular formula is C27H33N5. The largest absolute Gasteiger partial charge is 0.354 e. The molecule has 5 heteroatoms. The summed E-state index contributed by atoms with van der Waals surface area (Å²) in [7, 11) is 1.84. The molecule has 0 bridgehead atoms. The second kappa shape index (κ2) is 10.9. The van der Waals surface area contributed by atoms with Crippen LogP contribution in [0.1, 0.15) is 29.5 Å². The monoisotopic (exact) mass is 427 g/mol. The highest BCUT2D eigenvalue weighted by Gasteiger charge is 2.20. The van der Waals surface area contributed by atoms with E-state index in [-0.39, 0.29) is 0 Å². The van der Waals surface area contributed by atoms with Gasteiger partial charge >= 0.3 is 0 Å². The molecule has 5 nitrogen and oxygen atoms in total. The number of likely N-dealkylation sites (tertiary alicyclic amines) is 1. The summed E-state index contributed by atoms with van der Waals surface area (Å²) in [6.45, 7) is 6.18. The molecule has 0 amide bonds. The van der Waals surface area contributed by atoms with Crippen molar-refractivity contribution < 1.29 is 0 Å². The molecule has 1 aliphatic heterocycles. The Hall–Kier alpha value is -3.18. The molecule has 1 aromatic heterocycles. The van der Waals surface area contributed by atoms with Gasteiger partial charge in [0.15, 0.2) is 5.96 Å². The minimum Gasteiger partial charge on any atom is -0.354 e. The number of benzene rings is 2. The number of aromatic nitrogens is 1. The van der Waals surface area contributed by atoms with Crippen molar-refractivity contribution in [3.05, 3.63) is 89.6 Å². The van der Waals surface area contributed by atoms with Gasteiger partial charge in [-0.05, 0) is 54.7 Å². The first-order valence-corrected chi connectivity index (χ1v) is 11.5. The number of guanidine groups is 1. The summed E-state index contributed by atoms with van der Waals surface area (Å²) >= 11 is 0. The fourth-order valence-electron chi connectivity index (χ4n) is 4.21. The van der Waals surface area contributed by atoms with E-state index in [9.17, 15) is 0 Å². The van der Waals surface area contributed by atoms with Gasteiger partial charge in [0.25, 0.3) is 0 Å². The lowest BCUT2D eigenvalue weighted by molar-refractivity contribution is 0.198. The summed E-state index contributed by atoms with van der Waals surface area (Å²) in [5.41, 5.74) is 6.15. The van der Waals surface area contributed by atoms with Crippen LogP contribution in [0.5, 0.6) is 0 Å². The molecule has 2 aromatic carbocycles. The van der Waals surface area contributed by atoms with Gasteiger partial charge in [-0.3, -0.25) is 14.9 Å². The van der Waals surface area contributed by atoms with Crippen LogP contribution in [0.2, 0.25) is 0 Å². The SMILES string of the molecule is CN=C(NCc1cccc(-c2ccccn2)c1)NC1CCN(Cc2ccccc2C)CC1. The van der Waals surface area contributed by atoms with E-state index in [0.717, 1.165) is 56.2 Å². The van der Waals surface area contributed by atoms with Gasteiger partial charge in [0, 0.05) is 51.0 Å². The lowest BCUT2D eigenvalue weighted by Crippen LogP contribution is -2.48. The smallest absolute Gasteiger partial charge is 0.191 e. The molecule has 0 atom stereocenters. The molecule has 0 radical (unpaired) electrons. The fourth-order valence-corrected chi connectivity index (χ4v) is 4.21. The van der Waals surface area contributed by atoms with Gasteiger partial charge in [0.1, 0.15) is 0 Å². The molecule has 3 aromatic rings. The van der Waals surface area contributed by atoms with Gasteiger partial charge in [0.2, 0.25) is 0 Å². The minimum atomic E-state index is 0.453. The van der Waals surface area contributed by atoms with Gasteiger partial charge in [0.05, 0.1) is 5.69 Å². The number of rotatable bonds is 6. The number of nitrogens with one attached hydrogen (secondary N) is 2.